The van der Waals surface area contributed by atoms with E-state index in [1.165, 1.54) is 12.8 Å². The molecule has 1 fully saturated rings. The number of aromatic amines is 1. The van der Waals surface area contributed by atoms with Crippen LogP contribution in [0.4, 0.5) is 0 Å². The molecule has 4 aromatic rings. The minimum absolute atomic E-state index is 0.558. The Bertz CT molecular complexity index is 1110. The molecular weight excluding hydrogens is 328 g/mol. The molecule has 0 saturated heterocycles. The molecule has 0 amide bonds. The van der Waals surface area contributed by atoms with E-state index in [0.29, 0.717) is 5.92 Å². The molecular formula is C20H20N4O2. The van der Waals surface area contributed by atoms with Gasteiger partial charge in [-0.1, -0.05) is 10.3 Å². The summed E-state index contributed by atoms with van der Waals surface area (Å²) >= 11 is 0. The quantitative estimate of drug-likeness (QED) is 0.564. The van der Waals surface area contributed by atoms with Gasteiger partial charge < -0.3 is 14.0 Å². The number of aryl methyl sites for hydroxylation is 4. The fraction of sp³-hybridized carbons (Fsp3) is 0.350. The normalized spacial score (nSPS) is 14.5. The SMILES string of the molecule is Cc1noc(C)c1-c1cc(-c2c(C)noc2C)c2nc(C3CC3)[nH]c2c1. The van der Waals surface area contributed by atoms with Gasteiger partial charge in [0.15, 0.2) is 0 Å². The summed E-state index contributed by atoms with van der Waals surface area (Å²) < 4.78 is 10.8. The summed E-state index contributed by atoms with van der Waals surface area (Å²) in [6.45, 7) is 7.82. The monoisotopic (exact) mass is 348 g/mol. The van der Waals surface area contributed by atoms with E-state index < -0.39 is 0 Å². The number of imidazole rings is 1. The third-order valence-corrected chi connectivity index (χ3v) is 5.19. The number of hydrogen-bond acceptors (Lipinski definition) is 5. The van der Waals surface area contributed by atoms with Crippen molar-refractivity contribution in [2.24, 2.45) is 0 Å². The maximum atomic E-state index is 5.42. The van der Waals surface area contributed by atoms with Crippen LogP contribution in [-0.4, -0.2) is 20.3 Å². The van der Waals surface area contributed by atoms with Gasteiger partial charge in [0.2, 0.25) is 0 Å². The van der Waals surface area contributed by atoms with Crippen molar-refractivity contribution >= 4 is 11.0 Å². The zero-order valence-corrected chi connectivity index (χ0v) is 15.3. The van der Waals surface area contributed by atoms with Gasteiger partial charge in [0.25, 0.3) is 0 Å². The molecule has 1 aliphatic rings. The highest BCUT2D eigenvalue weighted by Crippen LogP contribution is 2.42. The van der Waals surface area contributed by atoms with Gasteiger partial charge in [0.05, 0.1) is 22.4 Å². The molecule has 0 aliphatic heterocycles. The summed E-state index contributed by atoms with van der Waals surface area (Å²) in [7, 11) is 0. The summed E-state index contributed by atoms with van der Waals surface area (Å²) in [5.74, 6) is 3.25. The van der Waals surface area contributed by atoms with Crippen molar-refractivity contribution in [3.05, 3.63) is 40.9 Å². The number of nitrogens with zero attached hydrogens (tertiary/aromatic N) is 3. The van der Waals surface area contributed by atoms with Gasteiger partial charge in [-0.2, -0.15) is 0 Å². The summed E-state index contributed by atoms with van der Waals surface area (Å²) in [5, 5.41) is 8.25. The van der Waals surface area contributed by atoms with Crippen LogP contribution in [0.25, 0.3) is 33.3 Å². The van der Waals surface area contributed by atoms with E-state index in [-0.39, 0.29) is 0 Å². The number of aromatic nitrogens is 4. The van der Waals surface area contributed by atoms with Crippen LogP contribution in [0.15, 0.2) is 21.2 Å². The van der Waals surface area contributed by atoms with Crippen molar-refractivity contribution in [1.29, 1.82) is 0 Å². The number of rotatable bonds is 3. The number of H-pyrrole nitrogens is 1. The Kier molecular flexibility index (Phi) is 3.13. The lowest BCUT2D eigenvalue weighted by Gasteiger charge is -2.07. The second kappa shape index (κ2) is 5.30. The van der Waals surface area contributed by atoms with Crippen LogP contribution in [0.2, 0.25) is 0 Å². The van der Waals surface area contributed by atoms with Gasteiger partial charge in [-0.15, -0.1) is 0 Å². The molecule has 1 aromatic carbocycles. The van der Waals surface area contributed by atoms with Crippen LogP contribution < -0.4 is 0 Å². The standard InChI is InChI=1S/C20H20N4O2/c1-9-17(11(3)25-23-9)14-7-15(18-10(2)24-26-12(18)4)19-16(8-14)21-20(22-19)13-5-6-13/h7-8,13H,5-6H2,1-4H3,(H,21,22). The Morgan fingerprint density at radius 2 is 1.58 bits per heavy atom. The maximum Gasteiger partial charge on any atom is 0.141 e. The first-order valence-corrected chi connectivity index (χ1v) is 8.93. The third kappa shape index (κ3) is 2.21. The first-order valence-electron chi connectivity index (χ1n) is 8.93. The Hall–Kier alpha value is -2.89. The van der Waals surface area contributed by atoms with E-state index in [4.69, 9.17) is 14.0 Å². The predicted molar refractivity (Wildman–Crippen MR) is 98.0 cm³/mol. The molecule has 6 nitrogen and oxygen atoms in total. The van der Waals surface area contributed by atoms with Crippen LogP contribution in [0, 0.1) is 27.7 Å². The highest BCUT2D eigenvalue weighted by Gasteiger charge is 2.28. The molecule has 5 rings (SSSR count). The van der Waals surface area contributed by atoms with Crippen molar-refractivity contribution < 1.29 is 9.05 Å². The fourth-order valence-corrected chi connectivity index (χ4v) is 3.78. The van der Waals surface area contributed by atoms with Gasteiger partial charge in [-0.25, -0.2) is 4.98 Å². The molecule has 3 heterocycles. The maximum absolute atomic E-state index is 5.42. The largest absolute Gasteiger partial charge is 0.361 e. The van der Waals surface area contributed by atoms with Crippen molar-refractivity contribution in [2.75, 3.05) is 0 Å². The van der Waals surface area contributed by atoms with Crippen LogP contribution in [0.1, 0.15) is 47.5 Å². The van der Waals surface area contributed by atoms with Crippen LogP contribution in [0.5, 0.6) is 0 Å². The van der Waals surface area contributed by atoms with E-state index in [9.17, 15) is 0 Å². The van der Waals surface area contributed by atoms with Crippen molar-refractivity contribution in [3.63, 3.8) is 0 Å². The van der Waals surface area contributed by atoms with E-state index >= 15 is 0 Å². The minimum Gasteiger partial charge on any atom is -0.361 e. The molecule has 1 N–H and O–H groups in total. The van der Waals surface area contributed by atoms with Gasteiger partial charge in [0.1, 0.15) is 17.3 Å². The lowest BCUT2D eigenvalue weighted by molar-refractivity contribution is 0.393. The smallest absolute Gasteiger partial charge is 0.141 e. The number of benzene rings is 1. The van der Waals surface area contributed by atoms with Crippen molar-refractivity contribution in [2.45, 2.75) is 46.5 Å². The Balaban J connectivity index is 1.83. The molecule has 0 bridgehead atoms. The lowest BCUT2D eigenvalue weighted by Crippen LogP contribution is -1.89. The Labute approximate surface area is 150 Å². The minimum atomic E-state index is 0.558. The Morgan fingerprint density at radius 1 is 0.923 bits per heavy atom. The molecule has 132 valence electrons. The van der Waals surface area contributed by atoms with Gasteiger partial charge in [-0.05, 0) is 58.2 Å². The zero-order chi connectivity index (χ0) is 18.0. The van der Waals surface area contributed by atoms with Crippen molar-refractivity contribution in [3.8, 4) is 22.3 Å². The van der Waals surface area contributed by atoms with E-state index in [2.05, 4.69) is 27.4 Å². The summed E-state index contributed by atoms with van der Waals surface area (Å²) in [6, 6.07) is 4.29. The lowest BCUT2D eigenvalue weighted by atomic mass is 9.96. The molecule has 0 radical (unpaired) electrons. The van der Waals surface area contributed by atoms with E-state index in [1.54, 1.807) is 0 Å². The highest BCUT2D eigenvalue weighted by molar-refractivity contribution is 5.97. The first-order chi connectivity index (χ1) is 12.5. The average Bonchev–Trinajstić information content (AvgIpc) is 3.17. The van der Waals surface area contributed by atoms with Crippen molar-refractivity contribution in [1.82, 2.24) is 20.3 Å². The van der Waals surface area contributed by atoms with Gasteiger partial charge >= 0.3 is 0 Å². The molecule has 26 heavy (non-hydrogen) atoms. The molecule has 3 aromatic heterocycles. The second-order valence-electron chi connectivity index (χ2n) is 7.21. The molecule has 6 heteroatoms. The number of hydrogen-bond donors (Lipinski definition) is 1. The van der Waals surface area contributed by atoms with Crippen LogP contribution in [0.3, 0.4) is 0 Å². The number of nitrogens with one attached hydrogen (secondary N) is 1. The molecule has 0 atom stereocenters. The van der Waals surface area contributed by atoms with Gasteiger partial charge in [0, 0.05) is 22.6 Å². The van der Waals surface area contributed by atoms with E-state index in [0.717, 1.165) is 62.0 Å². The Morgan fingerprint density at radius 3 is 2.15 bits per heavy atom. The molecule has 1 saturated carbocycles. The summed E-state index contributed by atoms with van der Waals surface area (Å²) in [6.07, 6.45) is 2.41. The number of fused-ring (bicyclic) bond motifs is 1. The highest BCUT2D eigenvalue weighted by atomic mass is 16.5. The molecule has 0 spiro atoms. The molecule has 1 aliphatic carbocycles. The summed E-state index contributed by atoms with van der Waals surface area (Å²) in [4.78, 5) is 8.44. The predicted octanol–water partition coefficient (Wildman–Crippen LogP) is 4.98. The van der Waals surface area contributed by atoms with Crippen LogP contribution in [-0.2, 0) is 0 Å². The first kappa shape index (κ1) is 15.4. The van der Waals surface area contributed by atoms with Crippen LogP contribution >= 0.6 is 0 Å². The third-order valence-electron chi connectivity index (χ3n) is 5.19. The fourth-order valence-electron chi connectivity index (χ4n) is 3.78. The molecule has 0 unspecified atom stereocenters. The summed E-state index contributed by atoms with van der Waals surface area (Å²) in [5.41, 5.74) is 7.90. The average molecular weight is 348 g/mol. The topological polar surface area (TPSA) is 80.7 Å². The van der Waals surface area contributed by atoms with Gasteiger partial charge in [-0.3, -0.25) is 0 Å². The van der Waals surface area contributed by atoms with E-state index in [1.807, 2.05) is 27.7 Å². The zero-order valence-electron chi connectivity index (χ0n) is 15.3. The second-order valence-corrected chi connectivity index (χ2v) is 7.21.